The molecule has 1 fully saturated rings. The van der Waals surface area contributed by atoms with Gasteiger partial charge in [-0.25, -0.2) is 9.37 Å². The number of anilines is 1. The molecule has 0 spiro atoms. The van der Waals surface area contributed by atoms with Crippen LogP contribution in [0.15, 0.2) is 12.4 Å². The number of hydrogen-bond donors (Lipinski definition) is 2. The summed E-state index contributed by atoms with van der Waals surface area (Å²) in [5.74, 6) is 0.0558. The molecular formula is C8H10FN3O. The van der Waals surface area contributed by atoms with E-state index >= 15 is 0 Å². The van der Waals surface area contributed by atoms with E-state index in [-0.39, 0.29) is 5.91 Å². The molecule has 13 heavy (non-hydrogen) atoms. The van der Waals surface area contributed by atoms with Gasteiger partial charge in [0.05, 0.1) is 5.41 Å². The van der Waals surface area contributed by atoms with Crippen molar-refractivity contribution in [3.8, 4) is 0 Å². The Hall–Kier alpha value is -1.39. The second kappa shape index (κ2) is 2.55. The molecule has 1 aromatic heterocycles. The average Bonchev–Trinajstić information content (AvgIpc) is 2.53. The van der Waals surface area contributed by atoms with Crippen molar-refractivity contribution in [2.45, 2.75) is 19.5 Å². The number of aromatic amines is 1. The molecule has 0 aliphatic heterocycles. The van der Waals surface area contributed by atoms with Crippen LogP contribution >= 0.6 is 0 Å². The highest BCUT2D eigenvalue weighted by Crippen LogP contribution is 2.48. The number of carbonyl (C=O) groups is 1. The molecule has 1 aliphatic carbocycles. The molecule has 1 saturated carbocycles. The predicted molar refractivity (Wildman–Crippen MR) is 44.8 cm³/mol. The summed E-state index contributed by atoms with van der Waals surface area (Å²) in [5.41, 5.74) is -0.840. The second-order valence-electron chi connectivity index (χ2n) is 3.48. The van der Waals surface area contributed by atoms with Crippen LogP contribution in [0.3, 0.4) is 0 Å². The van der Waals surface area contributed by atoms with Crippen LogP contribution in [0.25, 0.3) is 0 Å². The Kier molecular flexibility index (Phi) is 1.61. The van der Waals surface area contributed by atoms with Crippen LogP contribution < -0.4 is 5.32 Å². The number of aromatic nitrogens is 2. The summed E-state index contributed by atoms with van der Waals surface area (Å²) in [5, 5.41) is 2.51. The van der Waals surface area contributed by atoms with Gasteiger partial charge in [0.25, 0.3) is 0 Å². The smallest absolute Gasteiger partial charge is 0.235 e. The van der Waals surface area contributed by atoms with Crippen molar-refractivity contribution >= 4 is 11.9 Å². The molecule has 1 amide bonds. The molecule has 0 saturated heterocycles. The number of rotatable bonds is 2. The van der Waals surface area contributed by atoms with E-state index in [9.17, 15) is 9.18 Å². The number of hydrogen-bond acceptors (Lipinski definition) is 2. The number of imidazole rings is 1. The molecule has 0 radical (unpaired) electrons. The van der Waals surface area contributed by atoms with Crippen LogP contribution in [0, 0.1) is 5.41 Å². The minimum Gasteiger partial charge on any atom is -0.331 e. The molecule has 2 N–H and O–H groups in total. The largest absolute Gasteiger partial charge is 0.331 e. The Balaban J connectivity index is 2.01. The number of carbonyl (C=O) groups excluding carboxylic acids is 1. The van der Waals surface area contributed by atoms with Gasteiger partial charge in [-0.15, -0.1) is 0 Å². The molecule has 2 atom stereocenters. The van der Waals surface area contributed by atoms with Crippen molar-refractivity contribution in [1.29, 1.82) is 0 Å². The van der Waals surface area contributed by atoms with Gasteiger partial charge in [-0.2, -0.15) is 0 Å². The summed E-state index contributed by atoms with van der Waals surface area (Å²) in [6.07, 6.45) is 2.41. The van der Waals surface area contributed by atoms with E-state index in [1.165, 1.54) is 6.20 Å². The lowest BCUT2D eigenvalue weighted by Gasteiger charge is -2.06. The zero-order valence-electron chi connectivity index (χ0n) is 7.17. The summed E-state index contributed by atoms with van der Waals surface area (Å²) in [6, 6.07) is 0. The first-order valence-corrected chi connectivity index (χ1v) is 4.08. The minimum atomic E-state index is -1.01. The quantitative estimate of drug-likeness (QED) is 0.721. The number of nitrogens with one attached hydrogen (secondary N) is 2. The Morgan fingerprint density at radius 1 is 1.92 bits per heavy atom. The van der Waals surface area contributed by atoms with Crippen molar-refractivity contribution in [2.24, 2.45) is 5.41 Å². The fourth-order valence-electron chi connectivity index (χ4n) is 1.13. The lowest BCUT2D eigenvalue weighted by atomic mass is 10.1. The molecule has 5 heteroatoms. The van der Waals surface area contributed by atoms with Gasteiger partial charge in [-0.05, 0) is 13.3 Å². The van der Waals surface area contributed by atoms with Crippen molar-refractivity contribution in [2.75, 3.05) is 5.32 Å². The highest BCUT2D eigenvalue weighted by molar-refractivity contribution is 5.96. The van der Waals surface area contributed by atoms with Gasteiger partial charge >= 0.3 is 0 Å². The standard InChI is InChI=1S/C8H10FN3O/c1-8(4-5(8)9)6(13)12-7-10-2-3-11-7/h2-3,5H,4H2,1H3,(H2,10,11,12,13). The highest BCUT2D eigenvalue weighted by atomic mass is 19.1. The molecular weight excluding hydrogens is 173 g/mol. The van der Waals surface area contributed by atoms with Crippen LogP contribution in [-0.4, -0.2) is 22.0 Å². The van der Waals surface area contributed by atoms with Crippen molar-refractivity contribution in [3.05, 3.63) is 12.4 Å². The van der Waals surface area contributed by atoms with E-state index in [2.05, 4.69) is 15.3 Å². The predicted octanol–water partition coefficient (Wildman–Crippen LogP) is 1.10. The van der Waals surface area contributed by atoms with Gasteiger partial charge in [0.2, 0.25) is 11.9 Å². The van der Waals surface area contributed by atoms with E-state index in [4.69, 9.17) is 0 Å². The van der Waals surface area contributed by atoms with Gasteiger partial charge in [0.15, 0.2) is 0 Å². The second-order valence-corrected chi connectivity index (χ2v) is 3.48. The SMILES string of the molecule is CC1(C(=O)Nc2ncc[nH]2)CC1F. The fraction of sp³-hybridized carbons (Fsp3) is 0.500. The molecule has 1 heterocycles. The summed E-state index contributed by atoms with van der Waals surface area (Å²) in [7, 11) is 0. The van der Waals surface area contributed by atoms with Crippen LogP contribution in [0.4, 0.5) is 10.3 Å². The minimum absolute atomic E-state index is 0.305. The summed E-state index contributed by atoms with van der Waals surface area (Å²) in [6.45, 7) is 1.61. The number of H-pyrrole nitrogens is 1. The van der Waals surface area contributed by atoms with Crippen molar-refractivity contribution in [1.82, 2.24) is 9.97 Å². The first-order valence-electron chi connectivity index (χ1n) is 4.08. The van der Waals surface area contributed by atoms with Gasteiger partial charge in [-0.3, -0.25) is 10.1 Å². The molecule has 2 rings (SSSR count). The molecule has 0 aromatic carbocycles. The van der Waals surface area contributed by atoms with Crippen LogP contribution in [0.1, 0.15) is 13.3 Å². The monoisotopic (exact) mass is 183 g/mol. The number of halogens is 1. The van der Waals surface area contributed by atoms with Crippen LogP contribution in [0.5, 0.6) is 0 Å². The van der Waals surface area contributed by atoms with Crippen LogP contribution in [-0.2, 0) is 4.79 Å². The summed E-state index contributed by atoms with van der Waals surface area (Å²) < 4.78 is 12.7. The first kappa shape index (κ1) is 8.22. The molecule has 70 valence electrons. The Morgan fingerprint density at radius 2 is 2.62 bits per heavy atom. The summed E-state index contributed by atoms with van der Waals surface area (Å²) in [4.78, 5) is 17.9. The molecule has 1 aliphatic rings. The average molecular weight is 183 g/mol. The van der Waals surface area contributed by atoms with E-state index in [1.54, 1.807) is 13.1 Å². The van der Waals surface area contributed by atoms with Crippen molar-refractivity contribution in [3.63, 3.8) is 0 Å². The molecule has 1 aromatic rings. The first-order chi connectivity index (χ1) is 6.13. The topological polar surface area (TPSA) is 57.8 Å². The lowest BCUT2D eigenvalue weighted by Crippen LogP contribution is -2.24. The third kappa shape index (κ3) is 1.30. The molecule has 4 nitrogen and oxygen atoms in total. The van der Waals surface area contributed by atoms with Crippen molar-refractivity contribution < 1.29 is 9.18 Å². The lowest BCUT2D eigenvalue weighted by molar-refractivity contribution is -0.121. The van der Waals surface area contributed by atoms with E-state index in [0.29, 0.717) is 12.4 Å². The Labute approximate surface area is 74.6 Å². The number of alkyl halides is 1. The van der Waals surface area contributed by atoms with Crippen LogP contribution in [0.2, 0.25) is 0 Å². The van der Waals surface area contributed by atoms with Gasteiger partial charge in [0.1, 0.15) is 6.17 Å². The molecule has 2 unspecified atom stereocenters. The third-order valence-corrected chi connectivity index (χ3v) is 2.38. The zero-order chi connectivity index (χ0) is 9.47. The zero-order valence-corrected chi connectivity index (χ0v) is 7.17. The number of amides is 1. The number of nitrogens with zero attached hydrogens (tertiary/aromatic N) is 1. The van der Waals surface area contributed by atoms with Gasteiger partial charge in [-0.1, -0.05) is 0 Å². The maximum absolute atomic E-state index is 12.7. The van der Waals surface area contributed by atoms with E-state index in [0.717, 1.165) is 0 Å². The maximum atomic E-state index is 12.7. The Bertz CT molecular complexity index is 324. The Morgan fingerprint density at radius 3 is 3.08 bits per heavy atom. The van der Waals surface area contributed by atoms with Gasteiger partial charge in [0, 0.05) is 12.4 Å². The molecule has 0 bridgehead atoms. The maximum Gasteiger partial charge on any atom is 0.235 e. The van der Waals surface area contributed by atoms with E-state index in [1.807, 2.05) is 0 Å². The highest BCUT2D eigenvalue weighted by Gasteiger charge is 2.57. The van der Waals surface area contributed by atoms with Gasteiger partial charge < -0.3 is 4.98 Å². The van der Waals surface area contributed by atoms with E-state index < -0.39 is 11.6 Å². The fourth-order valence-corrected chi connectivity index (χ4v) is 1.13. The third-order valence-electron chi connectivity index (χ3n) is 2.38. The normalized spacial score (nSPS) is 31.4. The summed E-state index contributed by atoms with van der Waals surface area (Å²) >= 11 is 0.